The van der Waals surface area contributed by atoms with Crippen molar-refractivity contribution in [1.82, 2.24) is 5.32 Å². The number of fused-ring (bicyclic) bond motifs is 1. The molecule has 3 rings (SSSR count). The number of amides is 1. The van der Waals surface area contributed by atoms with Gasteiger partial charge in [0.15, 0.2) is 0 Å². The number of ether oxygens (including phenoxy) is 1. The molecule has 0 fully saturated rings. The second kappa shape index (κ2) is 6.91. The fourth-order valence-corrected chi connectivity index (χ4v) is 3.32. The lowest BCUT2D eigenvalue weighted by Gasteiger charge is -2.26. The van der Waals surface area contributed by atoms with E-state index in [1.165, 1.54) is 0 Å². The number of primary sulfonamides is 1. The van der Waals surface area contributed by atoms with Gasteiger partial charge in [0.05, 0.1) is 17.1 Å². The molecule has 1 atom stereocenters. The Morgan fingerprint density at radius 2 is 2.04 bits per heavy atom. The third-order valence-electron chi connectivity index (χ3n) is 4.05. The van der Waals surface area contributed by atoms with E-state index >= 15 is 0 Å². The van der Waals surface area contributed by atoms with E-state index in [2.05, 4.69) is 5.32 Å². The predicted molar refractivity (Wildman–Crippen MR) is 88.9 cm³/mol. The molecule has 0 saturated heterocycles. The molecule has 0 radical (unpaired) electrons. The van der Waals surface area contributed by atoms with Gasteiger partial charge in [-0.3, -0.25) is 4.79 Å². The highest BCUT2D eigenvalue weighted by Crippen LogP contribution is 2.26. The molecule has 0 bridgehead atoms. The molecule has 0 unspecified atom stereocenters. The van der Waals surface area contributed by atoms with Gasteiger partial charge in [-0.25, -0.2) is 17.9 Å². The smallest absolute Gasteiger partial charge is 0.254 e. The van der Waals surface area contributed by atoms with Crippen molar-refractivity contribution in [2.75, 3.05) is 13.2 Å². The number of hydrogen-bond donors (Lipinski definition) is 2. The van der Waals surface area contributed by atoms with Gasteiger partial charge in [-0.05, 0) is 35.7 Å². The quantitative estimate of drug-likeness (QED) is 0.859. The molecule has 1 aliphatic rings. The lowest BCUT2D eigenvalue weighted by Crippen LogP contribution is -2.32. The third kappa shape index (κ3) is 3.87. The van der Waals surface area contributed by atoms with Crippen LogP contribution in [0.2, 0.25) is 0 Å². The van der Waals surface area contributed by atoms with Crippen molar-refractivity contribution in [2.45, 2.75) is 17.4 Å². The molecule has 2 aromatic carbocycles. The topological polar surface area (TPSA) is 98.5 Å². The van der Waals surface area contributed by atoms with Gasteiger partial charge in [0.25, 0.3) is 5.91 Å². The minimum absolute atomic E-state index is 0.148. The molecule has 1 heterocycles. The highest BCUT2D eigenvalue weighted by atomic mass is 32.2. The molecule has 0 saturated carbocycles. The number of sulfonamides is 1. The molecule has 132 valence electrons. The second-order valence-corrected chi connectivity index (χ2v) is 7.27. The Morgan fingerprint density at radius 3 is 2.80 bits per heavy atom. The fraction of sp³-hybridized carbons (Fsp3) is 0.235. The highest BCUT2D eigenvalue weighted by molar-refractivity contribution is 7.89. The number of carbonyl (C=O) groups excluding carboxylic acids is 1. The molecular formula is C17H17FN2O4S. The molecule has 0 aliphatic carbocycles. The zero-order valence-corrected chi connectivity index (χ0v) is 14.1. The maximum absolute atomic E-state index is 13.9. The van der Waals surface area contributed by atoms with Crippen molar-refractivity contribution in [1.29, 1.82) is 0 Å². The highest BCUT2D eigenvalue weighted by Gasteiger charge is 2.22. The minimum atomic E-state index is -4.02. The molecule has 3 N–H and O–H groups in total. The van der Waals surface area contributed by atoms with Gasteiger partial charge < -0.3 is 10.1 Å². The van der Waals surface area contributed by atoms with Gasteiger partial charge in [-0.1, -0.05) is 24.3 Å². The first kappa shape index (κ1) is 17.5. The van der Waals surface area contributed by atoms with E-state index in [0.717, 1.165) is 35.7 Å². The van der Waals surface area contributed by atoms with Gasteiger partial charge >= 0.3 is 0 Å². The summed E-state index contributed by atoms with van der Waals surface area (Å²) < 4.78 is 42.3. The van der Waals surface area contributed by atoms with Crippen molar-refractivity contribution in [2.24, 2.45) is 5.14 Å². The first-order valence-electron chi connectivity index (χ1n) is 7.66. The molecule has 8 heteroatoms. The van der Waals surface area contributed by atoms with Crippen LogP contribution in [-0.2, 0) is 21.2 Å². The molecule has 2 aromatic rings. The third-order valence-corrected chi connectivity index (χ3v) is 4.96. The number of nitrogens with one attached hydrogen (secondary N) is 1. The summed E-state index contributed by atoms with van der Waals surface area (Å²) in [7, 11) is -4.02. The summed E-state index contributed by atoms with van der Waals surface area (Å²) in [6, 6.07) is 10.6. The molecule has 1 amide bonds. The summed E-state index contributed by atoms with van der Waals surface area (Å²) in [5.74, 6) is -1.55. The van der Waals surface area contributed by atoms with Crippen molar-refractivity contribution in [3.05, 3.63) is 65.0 Å². The normalized spacial score (nSPS) is 17.0. The van der Waals surface area contributed by atoms with Crippen LogP contribution in [0.3, 0.4) is 0 Å². The zero-order chi connectivity index (χ0) is 18.0. The SMILES string of the molecule is NS(=O)(=O)c1ccc(F)c(C(=O)NC[C@H]2OCCc3ccccc32)c1. The average molecular weight is 364 g/mol. The minimum Gasteiger partial charge on any atom is -0.371 e. The Balaban J connectivity index is 1.76. The van der Waals surface area contributed by atoms with Crippen LogP contribution in [0.15, 0.2) is 47.4 Å². The van der Waals surface area contributed by atoms with Gasteiger partial charge in [-0.15, -0.1) is 0 Å². The molecule has 1 aliphatic heterocycles. The first-order valence-corrected chi connectivity index (χ1v) is 9.21. The second-order valence-electron chi connectivity index (χ2n) is 5.70. The number of halogens is 1. The van der Waals surface area contributed by atoms with E-state index in [9.17, 15) is 17.6 Å². The maximum atomic E-state index is 13.9. The van der Waals surface area contributed by atoms with Crippen molar-refractivity contribution in [3.8, 4) is 0 Å². The van der Waals surface area contributed by atoms with Crippen LogP contribution < -0.4 is 10.5 Å². The summed E-state index contributed by atoms with van der Waals surface area (Å²) in [6.45, 7) is 0.682. The lowest BCUT2D eigenvalue weighted by atomic mass is 9.97. The Kier molecular flexibility index (Phi) is 4.85. The molecule has 0 spiro atoms. The maximum Gasteiger partial charge on any atom is 0.254 e. The molecular weight excluding hydrogens is 347 g/mol. The monoisotopic (exact) mass is 364 g/mol. The summed E-state index contributed by atoms with van der Waals surface area (Å²) in [5, 5.41) is 7.61. The average Bonchev–Trinajstić information content (AvgIpc) is 2.59. The summed E-state index contributed by atoms with van der Waals surface area (Å²) in [4.78, 5) is 11.9. The standard InChI is InChI=1S/C17H17FN2O4S/c18-15-6-5-12(25(19,22)23)9-14(15)17(21)20-10-16-13-4-2-1-3-11(13)7-8-24-16/h1-6,9,16H,7-8,10H2,(H,20,21)(H2,19,22,23)/t16-/m1/s1. The summed E-state index contributed by atoms with van der Waals surface area (Å²) >= 11 is 0. The molecule has 0 aromatic heterocycles. The summed E-state index contributed by atoms with van der Waals surface area (Å²) in [5.41, 5.74) is 1.75. The van der Waals surface area contributed by atoms with Crippen LogP contribution in [0.1, 0.15) is 27.6 Å². The van der Waals surface area contributed by atoms with Gasteiger partial charge in [0, 0.05) is 6.54 Å². The van der Waals surface area contributed by atoms with E-state index in [1.54, 1.807) is 0 Å². The Bertz CT molecular complexity index is 915. The van der Waals surface area contributed by atoms with Gasteiger partial charge in [-0.2, -0.15) is 0 Å². The van der Waals surface area contributed by atoms with Crippen molar-refractivity contribution >= 4 is 15.9 Å². The van der Waals surface area contributed by atoms with Crippen LogP contribution in [0.25, 0.3) is 0 Å². The van der Waals surface area contributed by atoms with E-state index in [-0.39, 0.29) is 23.1 Å². The Labute approximate surface area is 144 Å². The first-order chi connectivity index (χ1) is 11.9. The number of rotatable bonds is 4. The van der Waals surface area contributed by atoms with E-state index in [1.807, 2.05) is 24.3 Å². The lowest BCUT2D eigenvalue weighted by molar-refractivity contribution is 0.0411. The molecule has 25 heavy (non-hydrogen) atoms. The van der Waals surface area contributed by atoms with Crippen molar-refractivity contribution < 1.29 is 22.3 Å². The van der Waals surface area contributed by atoms with Crippen LogP contribution in [0.5, 0.6) is 0 Å². The number of carbonyl (C=O) groups is 1. The largest absolute Gasteiger partial charge is 0.371 e. The van der Waals surface area contributed by atoms with Crippen LogP contribution >= 0.6 is 0 Å². The van der Waals surface area contributed by atoms with E-state index in [0.29, 0.717) is 6.61 Å². The van der Waals surface area contributed by atoms with Gasteiger partial charge in [0.1, 0.15) is 11.9 Å². The molecule has 6 nitrogen and oxygen atoms in total. The number of nitrogens with two attached hydrogens (primary N) is 1. The number of hydrogen-bond acceptors (Lipinski definition) is 4. The van der Waals surface area contributed by atoms with E-state index < -0.39 is 21.7 Å². The van der Waals surface area contributed by atoms with Crippen LogP contribution in [0.4, 0.5) is 4.39 Å². The Hall–Kier alpha value is -2.29. The fourth-order valence-electron chi connectivity index (χ4n) is 2.78. The predicted octanol–water partition coefficient (Wildman–Crippen LogP) is 1.52. The van der Waals surface area contributed by atoms with Crippen LogP contribution in [-0.4, -0.2) is 27.5 Å². The van der Waals surface area contributed by atoms with Crippen LogP contribution in [0, 0.1) is 5.82 Å². The number of benzene rings is 2. The zero-order valence-electron chi connectivity index (χ0n) is 13.2. The Morgan fingerprint density at radius 1 is 1.28 bits per heavy atom. The van der Waals surface area contributed by atoms with Crippen molar-refractivity contribution in [3.63, 3.8) is 0 Å². The van der Waals surface area contributed by atoms with Gasteiger partial charge in [0.2, 0.25) is 10.0 Å². The van der Waals surface area contributed by atoms with E-state index in [4.69, 9.17) is 9.88 Å². The summed E-state index contributed by atoms with van der Waals surface area (Å²) in [6.07, 6.45) is 0.462.